The van der Waals surface area contributed by atoms with Gasteiger partial charge < -0.3 is 0 Å². The zero-order chi connectivity index (χ0) is 7.00. The third-order valence-electron chi connectivity index (χ3n) is 0.378. The van der Waals surface area contributed by atoms with E-state index < -0.39 is 32.6 Å². The second-order valence-electron chi connectivity index (χ2n) is 1.12. The van der Waals surface area contributed by atoms with Crippen LogP contribution < -0.4 is 0 Å². The zero-order valence-corrected chi connectivity index (χ0v) is 6.76. The predicted octanol–water partition coefficient (Wildman–Crippen LogP) is 1.04. The van der Waals surface area contributed by atoms with Gasteiger partial charge in [-0.25, -0.2) is 0 Å². The molecule has 0 unspecified atom stereocenters. The maximum atomic E-state index is 11.2. The SMILES string of the molecule is FC(F)(F)[C](F)(F)[SnH]. The summed E-state index contributed by atoms with van der Waals surface area (Å²) in [4.78, 5) is 0. The van der Waals surface area contributed by atoms with Gasteiger partial charge in [-0.3, -0.25) is 0 Å². The molecule has 0 aliphatic carbocycles. The van der Waals surface area contributed by atoms with Gasteiger partial charge in [-0.2, -0.15) is 0 Å². The Morgan fingerprint density at radius 1 is 0.875 bits per heavy atom. The molecule has 0 atom stereocenters. The van der Waals surface area contributed by atoms with Crippen LogP contribution in [0, 0.1) is 0 Å². The van der Waals surface area contributed by atoms with Crippen molar-refractivity contribution in [3.05, 3.63) is 0 Å². The van der Waals surface area contributed by atoms with Crippen LogP contribution >= 0.6 is 0 Å². The molecule has 0 spiro atoms. The normalized spacial score (nSPS) is 14.2. The molecule has 0 aromatic carbocycles. The van der Waals surface area contributed by atoms with Crippen molar-refractivity contribution < 1.29 is 22.0 Å². The first-order valence-electron chi connectivity index (χ1n) is 1.48. The van der Waals surface area contributed by atoms with Crippen LogP contribution in [0.25, 0.3) is 0 Å². The van der Waals surface area contributed by atoms with Crippen LogP contribution in [0.2, 0.25) is 0 Å². The summed E-state index contributed by atoms with van der Waals surface area (Å²) in [6, 6.07) is 0. The fourth-order valence-corrected chi connectivity index (χ4v) is 0. The van der Waals surface area contributed by atoms with Crippen LogP contribution in [0.5, 0.6) is 0 Å². The molecular formula is C2HF5Sn. The van der Waals surface area contributed by atoms with E-state index in [0.29, 0.717) is 0 Å². The molecule has 0 aliphatic heterocycles. The quantitative estimate of drug-likeness (QED) is 0.437. The Labute approximate surface area is 55.1 Å². The van der Waals surface area contributed by atoms with E-state index in [1.807, 2.05) is 0 Å². The fraction of sp³-hybridized carbons (Fsp3) is 1.00. The summed E-state index contributed by atoms with van der Waals surface area (Å²) in [5.74, 6) is 0. The molecule has 0 saturated carbocycles. The van der Waals surface area contributed by atoms with E-state index in [1.165, 1.54) is 0 Å². The molecule has 0 fully saturated rings. The van der Waals surface area contributed by atoms with Crippen molar-refractivity contribution >= 4 is 22.5 Å². The third-order valence-corrected chi connectivity index (χ3v) is 1.31. The molecule has 0 saturated heterocycles. The summed E-state index contributed by atoms with van der Waals surface area (Å²) in [5.41, 5.74) is 0. The van der Waals surface area contributed by atoms with Crippen molar-refractivity contribution in [2.75, 3.05) is 0 Å². The first kappa shape index (κ1) is 8.45. The number of halogens is 5. The van der Waals surface area contributed by atoms with Gasteiger partial charge in [-0.1, -0.05) is 0 Å². The second kappa shape index (κ2) is 2.00. The van der Waals surface area contributed by atoms with Crippen molar-refractivity contribution in [2.24, 2.45) is 0 Å². The fourth-order valence-electron chi connectivity index (χ4n) is 0. The Bertz CT molecular complexity index is 65.4. The molecule has 0 aromatic rings. The summed E-state index contributed by atoms with van der Waals surface area (Å²) in [6.07, 6.45) is -5.34. The van der Waals surface area contributed by atoms with Crippen LogP contribution in [0.1, 0.15) is 0 Å². The van der Waals surface area contributed by atoms with Crippen LogP contribution in [0.4, 0.5) is 22.0 Å². The van der Waals surface area contributed by atoms with Crippen LogP contribution in [0.15, 0.2) is 0 Å². The van der Waals surface area contributed by atoms with Gasteiger partial charge in [0.2, 0.25) is 0 Å². The molecular weight excluding hydrogens is 238 g/mol. The Balaban J connectivity index is 4.02. The Hall–Kier alpha value is 0.449. The third kappa shape index (κ3) is 2.14. The van der Waals surface area contributed by atoms with Gasteiger partial charge in [-0.15, -0.1) is 0 Å². The summed E-state index contributed by atoms with van der Waals surface area (Å²) >= 11 is -1.11. The standard InChI is InChI=1S/C2F5.Sn.H/c3-1(4)2(5,6)7;;. The van der Waals surface area contributed by atoms with Crippen molar-refractivity contribution in [3.63, 3.8) is 0 Å². The molecule has 0 nitrogen and oxygen atoms in total. The Kier molecular flexibility index (Phi) is 2.11. The number of alkyl halides is 5. The van der Waals surface area contributed by atoms with Crippen molar-refractivity contribution in [1.29, 1.82) is 0 Å². The number of hydrogen-bond donors (Lipinski definition) is 0. The minimum absolute atomic E-state index is 1.11. The maximum absolute atomic E-state index is 11.2. The summed E-state index contributed by atoms with van der Waals surface area (Å²) in [6.45, 7) is 0. The molecule has 2 radical (unpaired) electrons. The first-order valence-corrected chi connectivity index (χ1v) is 3.13. The Morgan fingerprint density at radius 2 is 1.00 bits per heavy atom. The molecule has 0 rings (SSSR count). The van der Waals surface area contributed by atoms with Crippen LogP contribution in [-0.2, 0) is 0 Å². The molecule has 0 aliphatic rings. The molecule has 6 heteroatoms. The topological polar surface area (TPSA) is 0 Å². The summed E-state index contributed by atoms with van der Waals surface area (Å²) in [5, 5.41) is 0. The van der Waals surface area contributed by atoms with Gasteiger partial charge in [0.05, 0.1) is 0 Å². The second-order valence-corrected chi connectivity index (χ2v) is 3.19. The zero-order valence-electron chi connectivity index (χ0n) is 3.47. The molecule has 0 amide bonds. The molecule has 8 heavy (non-hydrogen) atoms. The molecule has 0 aromatic heterocycles. The molecule has 0 bridgehead atoms. The first-order chi connectivity index (χ1) is 3.25. The van der Waals surface area contributed by atoms with Crippen molar-refractivity contribution in [1.82, 2.24) is 0 Å². The van der Waals surface area contributed by atoms with E-state index in [4.69, 9.17) is 0 Å². The average molecular weight is 239 g/mol. The summed E-state index contributed by atoms with van der Waals surface area (Å²) in [7, 11) is 0. The number of hydrogen-bond acceptors (Lipinski definition) is 0. The van der Waals surface area contributed by atoms with Crippen LogP contribution in [0.3, 0.4) is 0 Å². The van der Waals surface area contributed by atoms with E-state index in [-0.39, 0.29) is 0 Å². The van der Waals surface area contributed by atoms with Gasteiger partial charge in [0.25, 0.3) is 0 Å². The molecule has 48 valence electrons. The monoisotopic (exact) mass is 240 g/mol. The van der Waals surface area contributed by atoms with Gasteiger partial charge in [0.1, 0.15) is 0 Å². The Morgan fingerprint density at radius 3 is 1.00 bits per heavy atom. The molecule has 0 N–H and O–H groups in total. The van der Waals surface area contributed by atoms with Crippen molar-refractivity contribution in [2.45, 2.75) is 10.1 Å². The predicted molar refractivity (Wildman–Crippen MR) is 18.2 cm³/mol. The summed E-state index contributed by atoms with van der Waals surface area (Å²) < 4.78 is 50.4. The van der Waals surface area contributed by atoms with Gasteiger partial charge in [0, 0.05) is 0 Å². The molecule has 0 heterocycles. The minimum atomic E-state index is -5.34. The average Bonchev–Trinajstić information content (AvgIpc) is 1.25. The number of rotatable bonds is 0. The van der Waals surface area contributed by atoms with Gasteiger partial charge >= 0.3 is 54.6 Å². The van der Waals surface area contributed by atoms with E-state index in [0.717, 1.165) is 0 Å². The van der Waals surface area contributed by atoms with Gasteiger partial charge in [0.15, 0.2) is 0 Å². The van der Waals surface area contributed by atoms with E-state index in [1.54, 1.807) is 0 Å². The van der Waals surface area contributed by atoms with E-state index in [2.05, 4.69) is 0 Å². The van der Waals surface area contributed by atoms with E-state index in [9.17, 15) is 22.0 Å². The van der Waals surface area contributed by atoms with Crippen molar-refractivity contribution in [3.8, 4) is 0 Å². The van der Waals surface area contributed by atoms with Crippen LogP contribution in [-0.4, -0.2) is 32.6 Å². The van der Waals surface area contributed by atoms with E-state index >= 15 is 0 Å². The van der Waals surface area contributed by atoms with Gasteiger partial charge in [-0.05, 0) is 0 Å².